The molecule has 6 nitrogen and oxygen atoms in total. The van der Waals surface area contributed by atoms with Crippen LogP contribution in [-0.2, 0) is 19.1 Å². The van der Waals surface area contributed by atoms with Crippen LogP contribution in [0.3, 0.4) is 0 Å². The quantitative estimate of drug-likeness (QED) is 0.542. The molecule has 94 valence electrons. The van der Waals surface area contributed by atoms with Crippen LogP contribution >= 0.6 is 0 Å². The topological polar surface area (TPSA) is 83.9 Å². The van der Waals surface area contributed by atoms with Crippen molar-refractivity contribution in [2.45, 2.75) is 18.9 Å². The zero-order valence-corrected chi connectivity index (χ0v) is 9.59. The molecule has 2 atom stereocenters. The third-order valence-electron chi connectivity index (χ3n) is 2.74. The molecule has 0 aliphatic carbocycles. The minimum absolute atomic E-state index is 0.00754. The Kier molecular flexibility index (Phi) is 4.25. The van der Waals surface area contributed by atoms with Crippen molar-refractivity contribution in [2.24, 2.45) is 5.92 Å². The van der Waals surface area contributed by atoms with Crippen molar-refractivity contribution < 1.29 is 24.2 Å². The van der Waals surface area contributed by atoms with E-state index in [4.69, 9.17) is 5.11 Å². The number of carboxylic acids is 1. The number of rotatable bonds is 5. The summed E-state index contributed by atoms with van der Waals surface area (Å²) in [5, 5.41) is 9.01. The number of nitrogens with zero attached hydrogens (tertiary/aromatic N) is 1. The summed E-state index contributed by atoms with van der Waals surface area (Å²) in [6, 6.07) is -0.949. The third kappa shape index (κ3) is 2.83. The predicted octanol–water partition coefficient (Wildman–Crippen LogP) is 0.0372. The van der Waals surface area contributed by atoms with Gasteiger partial charge >= 0.3 is 11.9 Å². The first-order valence-electron chi connectivity index (χ1n) is 5.22. The molecule has 6 heteroatoms. The summed E-state index contributed by atoms with van der Waals surface area (Å²) in [6.45, 7) is 3.55. The van der Waals surface area contributed by atoms with Gasteiger partial charge in [-0.2, -0.15) is 0 Å². The smallest absolute Gasteiger partial charge is 0.326 e. The summed E-state index contributed by atoms with van der Waals surface area (Å²) >= 11 is 0. The number of esters is 1. The monoisotopic (exact) mass is 241 g/mol. The number of carbonyl (C=O) groups is 3. The molecule has 1 aliphatic heterocycles. The van der Waals surface area contributed by atoms with E-state index in [0.29, 0.717) is 0 Å². The van der Waals surface area contributed by atoms with Crippen molar-refractivity contribution in [3.05, 3.63) is 12.7 Å². The predicted molar refractivity (Wildman–Crippen MR) is 58.1 cm³/mol. The fourth-order valence-electron chi connectivity index (χ4n) is 1.88. The molecule has 1 saturated heterocycles. The van der Waals surface area contributed by atoms with E-state index in [0.717, 1.165) is 0 Å². The summed E-state index contributed by atoms with van der Waals surface area (Å²) < 4.78 is 4.55. The van der Waals surface area contributed by atoms with Gasteiger partial charge in [0, 0.05) is 13.0 Å². The van der Waals surface area contributed by atoms with E-state index in [-0.39, 0.29) is 25.3 Å². The minimum Gasteiger partial charge on any atom is -0.480 e. The fourth-order valence-corrected chi connectivity index (χ4v) is 1.88. The molecule has 1 amide bonds. The highest BCUT2D eigenvalue weighted by Crippen LogP contribution is 2.22. The normalized spacial score (nSPS) is 21.1. The van der Waals surface area contributed by atoms with E-state index in [1.807, 2.05) is 0 Å². The highest BCUT2D eigenvalue weighted by Gasteiger charge is 2.40. The van der Waals surface area contributed by atoms with Crippen molar-refractivity contribution in [3.8, 4) is 0 Å². The van der Waals surface area contributed by atoms with Crippen molar-refractivity contribution in [1.29, 1.82) is 0 Å². The Morgan fingerprint density at radius 2 is 2.35 bits per heavy atom. The SMILES string of the molecule is C=CC[C@@H](C(=O)O)N1CC(C(=O)OC)CC1=O. The number of carbonyl (C=O) groups excluding carboxylic acids is 2. The van der Waals surface area contributed by atoms with E-state index in [1.165, 1.54) is 18.1 Å². The molecule has 1 N–H and O–H groups in total. The van der Waals surface area contributed by atoms with Crippen LogP contribution in [0.5, 0.6) is 0 Å². The van der Waals surface area contributed by atoms with Gasteiger partial charge in [0.05, 0.1) is 13.0 Å². The summed E-state index contributed by atoms with van der Waals surface area (Å²) in [5.74, 6) is -2.49. The van der Waals surface area contributed by atoms with Crippen LogP contribution in [0.4, 0.5) is 0 Å². The third-order valence-corrected chi connectivity index (χ3v) is 2.74. The van der Waals surface area contributed by atoms with Crippen LogP contribution in [0, 0.1) is 5.92 Å². The maximum absolute atomic E-state index is 11.6. The lowest BCUT2D eigenvalue weighted by atomic mass is 10.1. The summed E-state index contributed by atoms with van der Waals surface area (Å²) in [7, 11) is 1.24. The van der Waals surface area contributed by atoms with Gasteiger partial charge in [0.1, 0.15) is 6.04 Å². The molecule has 0 spiro atoms. The van der Waals surface area contributed by atoms with Gasteiger partial charge in [-0.1, -0.05) is 6.08 Å². The largest absolute Gasteiger partial charge is 0.480 e. The van der Waals surface area contributed by atoms with Crippen LogP contribution in [-0.4, -0.2) is 47.5 Å². The van der Waals surface area contributed by atoms with E-state index in [1.54, 1.807) is 0 Å². The fraction of sp³-hybridized carbons (Fsp3) is 0.545. The molecule has 0 radical (unpaired) electrons. The minimum atomic E-state index is -1.09. The Hall–Kier alpha value is -1.85. The Bertz CT molecular complexity index is 352. The zero-order valence-electron chi connectivity index (χ0n) is 9.59. The maximum Gasteiger partial charge on any atom is 0.326 e. The first-order valence-corrected chi connectivity index (χ1v) is 5.22. The van der Waals surface area contributed by atoms with Crippen molar-refractivity contribution >= 4 is 17.8 Å². The molecule has 17 heavy (non-hydrogen) atoms. The molecule has 1 fully saturated rings. The molecule has 0 aromatic rings. The van der Waals surface area contributed by atoms with Gasteiger partial charge < -0.3 is 14.7 Å². The lowest BCUT2D eigenvalue weighted by Crippen LogP contribution is -2.42. The van der Waals surface area contributed by atoms with Crippen LogP contribution < -0.4 is 0 Å². The first kappa shape index (κ1) is 13.2. The number of carboxylic acid groups (broad SMARTS) is 1. The average molecular weight is 241 g/mol. The number of hydrogen-bond donors (Lipinski definition) is 1. The highest BCUT2D eigenvalue weighted by molar-refractivity contribution is 5.90. The van der Waals surface area contributed by atoms with Gasteiger partial charge in [-0.15, -0.1) is 6.58 Å². The van der Waals surface area contributed by atoms with Gasteiger partial charge in [0.25, 0.3) is 0 Å². The Morgan fingerprint density at radius 1 is 1.71 bits per heavy atom. The molecular weight excluding hydrogens is 226 g/mol. The van der Waals surface area contributed by atoms with Gasteiger partial charge in [-0.3, -0.25) is 9.59 Å². The molecular formula is C11H15NO5. The molecule has 1 rings (SSSR count). The van der Waals surface area contributed by atoms with Crippen molar-refractivity contribution in [3.63, 3.8) is 0 Å². The maximum atomic E-state index is 11.6. The Labute approximate surface area is 98.8 Å². The number of methoxy groups -OCH3 is 1. The number of aliphatic carboxylic acids is 1. The standard InChI is InChI=1S/C11H15NO5/c1-3-4-8(10(14)15)12-6-7(5-9(12)13)11(16)17-2/h3,7-8H,1,4-6H2,2H3,(H,14,15)/t7?,8-/m0/s1. The van der Waals surface area contributed by atoms with Crippen molar-refractivity contribution in [1.82, 2.24) is 4.90 Å². The molecule has 0 saturated carbocycles. The van der Waals surface area contributed by atoms with E-state index in [2.05, 4.69) is 11.3 Å². The first-order chi connectivity index (χ1) is 8.01. The van der Waals surface area contributed by atoms with E-state index >= 15 is 0 Å². The second-order valence-corrected chi connectivity index (χ2v) is 3.85. The molecule has 1 heterocycles. The lowest BCUT2D eigenvalue weighted by molar-refractivity contribution is -0.148. The van der Waals surface area contributed by atoms with Crippen molar-refractivity contribution in [2.75, 3.05) is 13.7 Å². The van der Waals surface area contributed by atoms with E-state index in [9.17, 15) is 14.4 Å². The number of likely N-dealkylation sites (tertiary alicyclic amines) is 1. The second-order valence-electron chi connectivity index (χ2n) is 3.85. The van der Waals surface area contributed by atoms with Crippen LogP contribution in [0.2, 0.25) is 0 Å². The summed E-state index contributed by atoms with van der Waals surface area (Å²) in [5.41, 5.74) is 0. The van der Waals surface area contributed by atoms with Gasteiger partial charge in [0.2, 0.25) is 5.91 Å². The van der Waals surface area contributed by atoms with Gasteiger partial charge in [-0.05, 0) is 6.42 Å². The number of ether oxygens (including phenoxy) is 1. The molecule has 0 aromatic carbocycles. The second kappa shape index (κ2) is 5.47. The number of hydrogen-bond acceptors (Lipinski definition) is 4. The lowest BCUT2D eigenvalue weighted by Gasteiger charge is -2.23. The van der Waals surface area contributed by atoms with Crippen LogP contribution in [0.15, 0.2) is 12.7 Å². The summed E-state index contributed by atoms with van der Waals surface area (Å²) in [6.07, 6.45) is 1.61. The molecule has 1 unspecified atom stereocenters. The highest BCUT2D eigenvalue weighted by atomic mass is 16.5. The van der Waals surface area contributed by atoms with Crippen LogP contribution in [0.25, 0.3) is 0 Å². The Morgan fingerprint density at radius 3 is 2.82 bits per heavy atom. The summed E-state index contributed by atoms with van der Waals surface area (Å²) in [4.78, 5) is 35.1. The number of amides is 1. The molecule has 0 aromatic heterocycles. The molecule has 0 bridgehead atoms. The van der Waals surface area contributed by atoms with Gasteiger partial charge in [-0.25, -0.2) is 4.79 Å². The van der Waals surface area contributed by atoms with Crippen LogP contribution in [0.1, 0.15) is 12.8 Å². The average Bonchev–Trinajstić information content (AvgIpc) is 2.66. The van der Waals surface area contributed by atoms with Gasteiger partial charge in [0.15, 0.2) is 0 Å². The Balaban J connectivity index is 2.77. The molecule has 1 aliphatic rings. The van der Waals surface area contributed by atoms with E-state index < -0.39 is 23.9 Å². The zero-order chi connectivity index (χ0) is 13.0.